The molecule has 2 heterocycles. The first-order valence-electron chi connectivity index (χ1n) is 10.9. The molecule has 0 unspecified atom stereocenters. The highest BCUT2D eigenvalue weighted by atomic mass is 32.2. The van der Waals surface area contributed by atoms with Gasteiger partial charge in [0.05, 0.1) is 37.5 Å². The van der Waals surface area contributed by atoms with Crippen LogP contribution in [0.3, 0.4) is 0 Å². The summed E-state index contributed by atoms with van der Waals surface area (Å²) in [6.45, 7) is 1.02. The van der Waals surface area contributed by atoms with E-state index in [1.165, 1.54) is 23.5 Å². The molecule has 3 aromatic rings. The number of nitrogens with one attached hydrogen (secondary N) is 1. The van der Waals surface area contributed by atoms with E-state index in [9.17, 15) is 13.2 Å². The molecule has 8 nitrogen and oxygen atoms in total. The summed E-state index contributed by atoms with van der Waals surface area (Å²) >= 11 is 0. The minimum atomic E-state index is -3.65. The summed E-state index contributed by atoms with van der Waals surface area (Å²) in [6.07, 6.45) is 5.37. The number of benzene rings is 2. The molecular weight excluding hydrogens is 444 g/mol. The molecular formula is C24H28N2O6S. The van der Waals surface area contributed by atoms with Crippen LogP contribution in [0.15, 0.2) is 52.0 Å². The number of ether oxygens (including phenoxy) is 2. The lowest BCUT2D eigenvalue weighted by molar-refractivity contribution is -0.115. The quantitative estimate of drug-likeness (QED) is 0.554. The molecule has 1 fully saturated rings. The van der Waals surface area contributed by atoms with Crippen molar-refractivity contribution in [1.82, 2.24) is 4.31 Å². The van der Waals surface area contributed by atoms with Gasteiger partial charge in [-0.15, -0.1) is 0 Å². The molecule has 1 aliphatic heterocycles. The Labute approximate surface area is 193 Å². The smallest absolute Gasteiger partial charge is 0.243 e. The molecule has 176 valence electrons. The summed E-state index contributed by atoms with van der Waals surface area (Å²) in [6, 6.07) is 9.96. The molecule has 1 aromatic heterocycles. The van der Waals surface area contributed by atoms with Gasteiger partial charge in [0.1, 0.15) is 17.1 Å². The first-order valence-corrected chi connectivity index (χ1v) is 12.4. The molecule has 9 heteroatoms. The molecule has 1 saturated heterocycles. The highest BCUT2D eigenvalue weighted by Crippen LogP contribution is 2.31. The normalized spacial score (nSPS) is 15.2. The summed E-state index contributed by atoms with van der Waals surface area (Å²) in [5.41, 5.74) is 1.66. The van der Waals surface area contributed by atoms with E-state index in [-0.39, 0.29) is 17.2 Å². The molecule has 4 rings (SSSR count). The fraction of sp³-hybridized carbons (Fsp3) is 0.375. The van der Waals surface area contributed by atoms with Crippen molar-refractivity contribution in [2.24, 2.45) is 0 Å². The number of rotatable bonds is 7. The van der Waals surface area contributed by atoms with E-state index in [0.29, 0.717) is 35.9 Å². The number of carbonyl (C=O) groups excluding carboxylic acids is 1. The van der Waals surface area contributed by atoms with Crippen molar-refractivity contribution in [2.75, 3.05) is 32.6 Å². The third kappa shape index (κ3) is 4.99. The van der Waals surface area contributed by atoms with Crippen LogP contribution < -0.4 is 14.8 Å². The SMILES string of the molecule is COc1ccc2c(CC(=O)Nc3cc(S(=O)(=O)N4CCCCCC4)ccc3OC)coc2c1. The summed E-state index contributed by atoms with van der Waals surface area (Å²) in [5.74, 6) is 0.746. The van der Waals surface area contributed by atoms with Gasteiger partial charge in [-0.1, -0.05) is 12.8 Å². The zero-order valence-electron chi connectivity index (χ0n) is 18.8. The largest absolute Gasteiger partial charge is 0.497 e. The summed E-state index contributed by atoms with van der Waals surface area (Å²) < 4.78 is 44.0. The summed E-state index contributed by atoms with van der Waals surface area (Å²) in [5, 5.41) is 3.62. The Hall–Kier alpha value is -3.04. The molecule has 0 bridgehead atoms. The fourth-order valence-electron chi connectivity index (χ4n) is 4.07. The van der Waals surface area contributed by atoms with E-state index in [2.05, 4.69) is 5.32 Å². The highest BCUT2D eigenvalue weighted by molar-refractivity contribution is 7.89. The van der Waals surface area contributed by atoms with Crippen LogP contribution in [0, 0.1) is 0 Å². The van der Waals surface area contributed by atoms with Gasteiger partial charge in [0.15, 0.2) is 0 Å². The molecule has 2 aromatic carbocycles. The average molecular weight is 473 g/mol. The lowest BCUT2D eigenvalue weighted by atomic mass is 10.1. The van der Waals surface area contributed by atoms with Crippen molar-refractivity contribution in [3.8, 4) is 11.5 Å². The second-order valence-electron chi connectivity index (χ2n) is 8.03. The molecule has 1 aliphatic rings. The van der Waals surface area contributed by atoms with Crippen LogP contribution >= 0.6 is 0 Å². The van der Waals surface area contributed by atoms with Gasteiger partial charge in [-0.2, -0.15) is 4.31 Å². The Morgan fingerprint density at radius 2 is 1.79 bits per heavy atom. The summed E-state index contributed by atoms with van der Waals surface area (Å²) in [4.78, 5) is 13.0. The van der Waals surface area contributed by atoms with Crippen LogP contribution in [0.4, 0.5) is 5.69 Å². The molecule has 33 heavy (non-hydrogen) atoms. The third-order valence-corrected chi connectivity index (χ3v) is 7.76. The fourth-order valence-corrected chi connectivity index (χ4v) is 5.61. The maximum atomic E-state index is 13.2. The number of furan rings is 1. The van der Waals surface area contributed by atoms with Crippen LogP contribution in [0.1, 0.15) is 31.2 Å². The Morgan fingerprint density at radius 3 is 2.48 bits per heavy atom. The average Bonchev–Trinajstić information content (AvgIpc) is 3.01. The molecule has 1 N–H and O–H groups in total. The van der Waals surface area contributed by atoms with Crippen molar-refractivity contribution in [2.45, 2.75) is 37.0 Å². The maximum Gasteiger partial charge on any atom is 0.243 e. The second-order valence-corrected chi connectivity index (χ2v) is 9.97. The summed E-state index contributed by atoms with van der Waals surface area (Å²) in [7, 11) is -0.601. The van der Waals surface area contributed by atoms with Crippen molar-refractivity contribution in [3.63, 3.8) is 0 Å². The van der Waals surface area contributed by atoms with Gasteiger partial charge in [-0.25, -0.2) is 8.42 Å². The molecule has 0 atom stereocenters. The van der Waals surface area contributed by atoms with Gasteiger partial charge >= 0.3 is 0 Å². The van der Waals surface area contributed by atoms with Crippen molar-refractivity contribution in [1.29, 1.82) is 0 Å². The number of fused-ring (bicyclic) bond motifs is 1. The Kier molecular flexibility index (Phi) is 6.90. The van der Waals surface area contributed by atoms with E-state index in [0.717, 1.165) is 36.6 Å². The topological polar surface area (TPSA) is 98.1 Å². The van der Waals surface area contributed by atoms with E-state index in [1.807, 2.05) is 6.07 Å². The van der Waals surface area contributed by atoms with Crippen LogP contribution in [0.2, 0.25) is 0 Å². The van der Waals surface area contributed by atoms with E-state index in [4.69, 9.17) is 13.9 Å². The van der Waals surface area contributed by atoms with E-state index in [1.54, 1.807) is 31.6 Å². The Bertz CT molecular complexity index is 1240. The van der Waals surface area contributed by atoms with Gasteiger partial charge in [-0.05, 0) is 43.2 Å². The molecule has 1 amide bonds. The standard InChI is InChI=1S/C24H28N2O6S/c1-30-18-7-9-20-17(16-32-23(20)14-18)13-24(27)25-21-15-19(8-10-22(21)31-2)33(28,29)26-11-5-3-4-6-12-26/h7-10,14-16H,3-6,11-13H2,1-2H3,(H,25,27). The number of hydrogen-bond acceptors (Lipinski definition) is 6. The number of carbonyl (C=O) groups is 1. The number of hydrogen-bond donors (Lipinski definition) is 1. The van der Waals surface area contributed by atoms with Crippen molar-refractivity contribution >= 4 is 32.6 Å². The number of anilines is 1. The lowest BCUT2D eigenvalue weighted by Gasteiger charge is -2.21. The van der Waals surface area contributed by atoms with Crippen LogP contribution in [-0.4, -0.2) is 45.9 Å². The number of methoxy groups -OCH3 is 2. The van der Waals surface area contributed by atoms with E-state index < -0.39 is 10.0 Å². The Morgan fingerprint density at radius 1 is 1.03 bits per heavy atom. The second kappa shape index (κ2) is 9.84. The molecule has 0 saturated carbocycles. The minimum absolute atomic E-state index is 0.0611. The first-order chi connectivity index (χ1) is 15.9. The van der Waals surface area contributed by atoms with Gasteiger partial charge in [0.2, 0.25) is 15.9 Å². The molecule has 0 aliphatic carbocycles. The minimum Gasteiger partial charge on any atom is -0.497 e. The van der Waals surface area contributed by atoms with Crippen LogP contribution in [0.5, 0.6) is 11.5 Å². The van der Waals surface area contributed by atoms with Crippen molar-refractivity contribution in [3.05, 3.63) is 48.2 Å². The zero-order chi connectivity index (χ0) is 23.4. The zero-order valence-corrected chi connectivity index (χ0v) is 19.6. The van der Waals surface area contributed by atoms with Gasteiger partial charge < -0.3 is 19.2 Å². The predicted molar refractivity (Wildman–Crippen MR) is 125 cm³/mol. The number of nitrogens with zero attached hydrogens (tertiary/aromatic N) is 1. The van der Waals surface area contributed by atoms with Crippen LogP contribution in [0.25, 0.3) is 11.0 Å². The van der Waals surface area contributed by atoms with Crippen molar-refractivity contribution < 1.29 is 27.1 Å². The maximum absolute atomic E-state index is 13.2. The number of sulfonamides is 1. The predicted octanol–water partition coefficient (Wildman–Crippen LogP) is 4.20. The van der Waals surface area contributed by atoms with Crippen LogP contribution in [-0.2, 0) is 21.2 Å². The van der Waals surface area contributed by atoms with Gasteiger partial charge in [-0.3, -0.25) is 4.79 Å². The molecule has 0 spiro atoms. The Balaban J connectivity index is 1.55. The third-order valence-electron chi connectivity index (χ3n) is 5.86. The number of amides is 1. The van der Waals surface area contributed by atoms with E-state index >= 15 is 0 Å². The van der Waals surface area contributed by atoms with Gasteiger partial charge in [0.25, 0.3) is 0 Å². The molecule has 0 radical (unpaired) electrons. The van der Waals surface area contributed by atoms with Gasteiger partial charge in [0, 0.05) is 30.1 Å². The monoisotopic (exact) mass is 472 g/mol. The first kappa shape index (κ1) is 23.1. The highest BCUT2D eigenvalue weighted by Gasteiger charge is 2.26. The lowest BCUT2D eigenvalue weighted by Crippen LogP contribution is -2.32.